The number of hydrogen-bond donors (Lipinski definition) is 0. The fraction of sp³-hybridized carbons (Fsp3) is 0.353. The van der Waals surface area contributed by atoms with E-state index in [-0.39, 0.29) is 0 Å². The molecule has 0 amide bonds. The van der Waals surface area contributed by atoms with Crippen LogP contribution in [0.3, 0.4) is 0 Å². The average Bonchev–Trinajstić information content (AvgIpc) is 2.91. The van der Waals surface area contributed by atoms with Crippen molar-refractivity contribution in [2.24, 2.45) is 0 Å². The lowest BCUT2D eigenvalue weighted by Gasteiger charge is -2.10. The third kappa shape index (κ3) is 6.78. The lowest BCUT2D eigenvalue weighted by atomic mass is 9.99. The summed E-state index contributed by atoms with van der Waals surface area (Å²) in [5.41, 5.74) is 5.51. The van der Waals surface area contributed by atoms with E-state index < -0.39 is 0 Å². The molecule has 0 aliphatic rings. The Morgan fingerprint density at radius 1 is 0.528 bits per heavy atom. The van der Waals surface area contributed by atoms with Gasteiger partial charge in [0.15, 0.2) is 0 Å². The molecule has 0 unspecified atom stereocenters. The van der Waals surface area contributed by atoms with Gasteiger partial charge in [0.2, 0.25) is 0 Å². The summed E-state index contributed by atoms with van der Waals surface area (Å²) in [6, 6.07) is 23.5. The first-order valence-electron chi connectivity index (χ1n) is 13.5. The van der Waals surface area contributed by atoms with Gasteiger partial charge in [-0.1, -0.05) is 88.1 Å². The largest absolute Gasteiger partial charge is 0.129 e. The van der Waals surface area contributed by atoms with Crippen LogP contribution in [0.25, 0.3) is 33.7 Å². The van der Waals surface area contributed by atoms with E-state index in [1.54, 1.807) is 0 Å². The number of aryl methyl sites for hydroxylation is 2. The Hall–Kier alpha value is -2.16. The molecule has 0 radical (unpaired) electrons. The summed E-state index contributed by atoms with van der Waals surface area (Å²) in [5.74, 6) is 0. The molecule has 188 valence electrons. The Morgan fingerprint density at radius 2 is 0.972 bits per heavy atom. The van der Waals surface area contributed by atoms with Gasteiger partial charge in [0.25, 0.3) is 0 Å². The minimum absolute atomic E-state index is 1.18. The van der Waals surface area contributed by atoms with Crippen LogP contribution in [0.2, 0.25) is 0 Å². The van der Waals surface area contributed by atoms with E-state index in [9.17, 15) is 0 Å². The minimum Gasteiger partial charge on any atom is -0.129 e. The Kier molecular flexibility index (Phi) is 10.0. The van der Waals surface area contributed by atoms with Gasteiger partial charge in [-0.2, -0.15) is 0 Å². The summed E-state index contributed by atoms with van der Waals surface area (Å²) in [5, 5.41) is 5.36. The topological polar surface area (TPSA) is 0 Å². The molecule has 0 aliphatic heterocycles. The first kappa shape index (κ1) is 26.9. The fourth-order valence-electron chi connectivity index (χ4n) is 4.95. The number of hydrogen-bond acceptors (Lipinski definition) is 2. The highest BCUT2D eigenvalue weighted by Gasteiger charge is 2.07. The molecule has 0 saturated carbocycles. The van der Waals surface area contributed by atoms with Crippen molar-refractivity contribution in [1.82, 2.24) is 0 Å². The molecule has 0 nitrogen and oxygen atoms in total. The highest BCUT2D eigenvalue weighted by molar-refractivity contribution is 7.99. The predicted molar refractivity (Wildman–Crippen MR) is 167 cm³/mol. The summed E-state index contributed by atoms with van der Waals surface area (Å²) < 4.78 is 0. The molecule has 2 heteroatoms. The first-order valence-corrected chi connectivity index (χ1v) is 16.0. The van der Waals surface area contributed by atoms with Gasteiger partial charge in [0.05, 0.1) is 0 Å². The van der Waals surface area contributed by atoms with Crippen LogP contribution >= 0.6 is 23.5 Å². The van der Waals surface area contributed by atoms with Gasteiger partial charge in [-0.15, -0.1) is 23.5 Å². The number of rotatable bonds is 12. The first-order chi connectivity index (χ1) is 17.6. The van der Waals surface area contributed by atoms with Crippen molar-refractivity contribution in [2.75, 3.05) is 12.5 Å². The van der Waals surface area contributed by atoms with Crippen molar-refractivity contribution in [3.05, 3.63) is 82.9 Å². The summed E-state index contributed by atoms with van der Waals surface area (Å²) in [6.07, 6.45) is 19.1. The Bertz CT molecular complexity index is 1230. The fourth-order valence-corrected chi connectivity index (χ4v) is 6.17. The van der Waals surface area contributed by atoms with Crippen LogP contribution in [-0.2, 0) is 12.8 Å². The second-order valence-corrected chi connectivity index (χ2v) is 11.5. The third-order valence-corrected chi connectivity index (χ3v) is 8.67. The summed E-state index contributed by atoms with van der Waals surface area (Å²) in [7, 11) is 0. The predicted octanol–water partition coefficient (Wildman–Crippen LogP) is 11.1. The molecule has 0 N–H and O–H groups in total. The second-order valence-electron chi connectivity index (χ2n) is 9.80. The molecule has 4 aromatic carbocycles. The third-order valence-electron chi connectivity index (χ3n) is 7.09. The van der Waals surface area contributed by atoms with Gasteiger partial charge in [0, 0.05) is 9.79 Å². The Balaban J connectivity index is 1.61. The summed E-state index contributed by atoms with van der Waals surface area (Å²) in [4.78, 5) is 2.68. The maximum atomic E-state index is 2.39. The van der Waals surface area contributed by atoms with Crippen molar-refractivity contribution >= 4 is 57.2 Å². The summed E-state index contributed by atoms with van der Waals surface area (Å²) in [6.45, 7) is 4.54. The average molecular weight is 513 g/mol. The maximum Gasteiger partial charge on any atom is 0.0148 e. The highest BCUT2D eigenvalue weighted by atomic mass is 32.2. The zero-order valence-corrected chi connectivity index (χ0v) is 24.0. The van der Waals surface area contributed by atoms with Gasteiger partial charge in [-0.05, 0) is 106 Å². The van der Waals surface area contributed by atoms with E-state index in [0.29, 0.717) is 0 Å². The van der Waals surface area contributed by atoms with E-state index in [2.05, 4.69) is 99.2 Å². The van der Waals surface area contributed by atoms with Crippen molar-refractivity contribution in [3.63, 3.8) is 0 Å². The molecule has 36 heavy (non-hydrogen) atoms. The molecular formula is C34H40S2. The highest BCUT2D eigenvalue weighted by Crippen LogP contribution is 2.32. The molecule has 0 saturated heterocycles. The molecule has 0 aromatic heterocycles. The minimum atomic E-state index is 1.18. The van der Waals surface area contributed by atoms with Crippen LogP contribution in [-0.4, -0.2) is 12.5 Å². The van der Waals surface area contributed by atoms with Crippen LogP contribution in [0.5, 0.6) is 0 Å². The molecular weight excluding hydrogens is 473 g/mol. The van der Waals surface area contributed by atoms with E-state index in [1.807, 2.05) is 23.5 Å². The number of thioether (sulfide) groups is 2. The second kappa shape index (κ2) is 13.4. The van der Waals surface area contributed by atoms with Gasteiger partial charge < -0.3 is 0 Å². The van der Waals surface area contributed by atoms with Gasteiger partial charge in [-0.25, -0.2) is 0 Å². The molecule has 0 heterocycles. The molecule has 0 bridgehead atoms. The van der Waals surface area contributed by atoms with Gasteiger partial charge in [-0.3, -0.25) is 0 Å². The van der Waals surface area contributed by atoms with E-state index in [4.69, 9.17) is 0 Å². The van der Waals surface area contributed by atoms with Crippen LogP contribution in [0, 0.1) is 0 Å². The van der Waals surface area contributed by atoms with E-state index in [0.717, 1.165) is 0 Å². The quantitative estimate of drug-likeness (QED) is 0.105. The maximum absolute atomic E-state index is 2.39. The molecule has 0 spiro atoms. The molecule has 4 rings (SSSR count). The zero-order valence-electron chi connectivity index (χ0n) is 22.4. The Labute approximate surface area is 227 Å². The SMILES string of the molecule is CCCCCc1ccc2cc(/C=C/c3cc4ccc(CCCCC)cc4cc3SC)c(SC)cc2c1. The van der Waals surface area contributed by atoms with Crippen LogP contribution in [0.1, 0.15) is 74.6 Å². The number of benzene rings is 4. The smallest absolute Gasteiger partial charge is 0.0148 e. The number of unbranched alkanes of at least 4 members (excludes halogenated alkanes) is 4. The molecule has 0 aliphatic carbocycles. The van der Waals surface area contributed by atoms with Crippen LogP contribution < -0.4 is 0 Å². The van der Waals surface area contributed by atoms with Crippen molar-refractivity contribution in [3.8, 4) is 0 Å². The lowest BCUT2D eigenvalue weighted by molar-refractivity contribution is 0.718. The molecule has 4 aromatic rings. The van der Waals surface area contributed by atoms with E-state index >= 15 is 0 Å². The van der Waals surface area contributed by atoms with Crippen molar-refractivity contribution in [2.45, 2.75) is 75.0 Å². The monoisotopic (exact) mass is 512 g/mol. The van der Waals surface area contributed by atoms with E-state index in [1.165, 1.54) is 105 Å². The normalized spacial score (nSPS) is 11.8. The van der Waals surface area contributed by atoms with Crippen molar-refractivity contribution < 1.29 is 0 Å². The van der Waals surface area contributed by atoms with Crippen LogP contribution in [0.4, 0.5) is 0 Å². The molecule has 0 fully saturated rings. The Morgan fingerprint density at radius 3 is 1.36 bits per heavy atom. The zero-order chi connectivity index (χ0) is 25.3. The lowest BCUT2D eigenvalue weighted by Crippen LogP contribution is -1.88. The number of fused-ring (bicyclic) bond motifs is 2. The van der Waals surface area contributed by atoms with Gasteiger partial charge in [0.1, 0.15) is 0 Å². The van der Waals surface area contributed by atoms with Crippen LogP contribution in [0.15, 0.2) is 70.5 Å². The standard InChI is InChI=1S/C34H40S2/c1-5-7-9-11-25-13-15-27-21-29(33(35-3)23-31(27)19-25)17-18-30-22-28-16-14-26(12-10-8-6-2)20-32(28)24-34(30)36-4/h13-24H,5-12H2,1-4H3/b18-17+. The summed E-state index contributed by atoms with van der Waals surface area (Å²) >= 11 is 3.68. The molecule has 0 atom stereocenters. The van der Waals surface area contributed by atoms with Gasteiger partial charge >= 0.3 is 0 Å². The van der Waals surface area contributed by atoms with Crippen molar-refractivity contribution in [1.29, 1.82) is 0 Å².